The Labute approximate surface area is 202 Å². The number of sulfonamides is 1. The summed E-state index contributed by atoms with van der Waals surface area (Å²) in [6, 6.07) is 5.73. The van der Waals surface area contributed by atoms with Crippen LogP contribution in [0.1, 0.15) is 5.56 Å². The van der Waals surface area contributed by atoms with E-state index in [2.05, 4.69) is 4.74 Å². The van der Waals surface area contributed by atoms with E-state index in [9.17, 15) is 35.2 Å². The molecular weight excluding hydrogens is 521 g/mol. The van der Waals surface area contributed by atoms with Gasteiger partial charge in [0.25, 0.3) is 10.0 Å². The number of nitrogens with one attached hydrogen (secondary N) is 1. The molecule has 1 N–H and O–H groups in total. The molecule has 2 aromatic carbocycles. The molecule has 0 aliphatic rings. The van der Waals surface area contributed by atoms with Crippen LogP contribution in [0.2, 0.25) is 0 Å². The van der Waals surface area contributed by atoms with E-state index in [4.69, 9.17) is 18.9 Å². The number of benzene rings is 2. The number of anilines is 1. The molecule has 0 heterocycles. The van der Waals surface area contributed by atoms with E-state index in [1.54, 1.807) is 0 Å². The van der Waals surface area contributed by atoms with Crippen molar-refractivity contribution >= 4 is 27.8 Å². The maximum atomic E-state index is 13.3. The minimum atomic E-state index is -6.20. The van der Waals surface area contributed by atoms with Gasteiger partial charge in [-0.2, -0.15) is 22.0 Å². The second-order valence-corrected chi connectivity index (χ2v) is 8.29. The number of rotatable bonds is 10. The molecule has 0 saturated carbocycles. The number of halogens is 5. The second-order valence-electron chi connectivity index (χ2n) is 6.72. The fraction of sp³-hybridized carbons (Fsp3) is 0.286. The van der Waals surface area contributed by atoms with Crippen LogP contribution in [0.3, 0.4) is 0 Å². The number of carbonyl (C=O) groups is 1. The Balaban J connectivity index is 2.35. The van der Waals surface area contributed by atoms with Crippen LogP contribution in [-0.2, 0) is 14.8 Å². The largest absolute Gasteiger partial charge is 0.496 e. The summed E-state index contributed by atoms with van der Waals surface area (Å²) in [7, 11) is 0.801. The Hall–Kier alpha value is -3.75. The molecule has 0 fully saturated rings. The summed E-state index contributed by atoms with van der Waals surface area (Å²) in [6.07, 6.45) is -5.07. The molecule has 2 aromatic rings. The average Bonchev–Trinajstić information content (AvgIpc) is 2.81. The zero-order chi connectivity index (χ0) is 27.3. The second kappa shape index (κ2) is 10.9. The number of alkyl halides is 5. The van der Waals surface area contributed by atoms with E-state index >= 15 is 0 Å². The molecule has 0 unspecified atom stereocenters. The van der Waals surface area contributed by atoms with Crippen molar-refractivity contribution in [3.63, 3.8) is 0 Å². The summed E-state index contributed by atoms with van der Waals surface area (Å²) in [5.41, 5.74) is -0.114. The molecule has 0 saturated heterocycles. The van der Waals surface area contributed by atoms with Crippen LogP contribution in [-0.4, -0.2) is 54.9 Å². The highest BCUT2D eigenvalue weighted by atomic mass is 32.2. The van der Waals surface area contributed by atoms with Gasteiger partial charge in [0.2, 0.25) is 0 Å². The topological polar surface area (TPSA) is 109 Å². The lowest BCUT2D eigenvalue weighted by Gasteiger charge is -2.18. The first-order chi connectivity index (χ1) is 16.7. The van der Waals surface area contributed by atoms with Gasteiger partial charge in [0.1, 0.15) is 17.2 Å². The third-order valence-corrected chi connectivity index (χ3v) is 5.42. The zero-order valence-electron chi connectivity index (χ0n) is 19.1. The molecule has 36 heavy (non-hydrogen) atoms. The van der Waals surface area contributed by atoms with Crippen molar-refractivity contribution in [2.45, 2.75) is 12.1 Å². The van der Waals surface area contributed by atoms with Gasteiger partial charge in [-0.05, 0) is 18.2 Å². The van der Waals surface area contributed by atoms with Crippen molar-refractivity contribution < 1.29 is 58.8 Å². The molecule has 0 aliphatic heterocycles. The first-order valence-corrected chi connectivity index (χ1v) is 11.1. The van der Waals surface area contributed by atoms with Crippen LogP contribution in [0, 0.1) is 0 Å². The van der Waals surface area contributed by atoms with Crippen molar-refractivity contribution in [3.8, 4) is 28.7 Å². The summed E-state index contributed by atoms with van der Waals surface area (Å²) in [6.45, 7) is 0. The van der Waals surface area contributed by atoms with E-state index in [0.29, 0.717) is 17.2 Å². The first-order valence-electron chi connectivity index (χ1n) is 9.54. The van der Waals surface area contributed by atoms with E-state index in [0.717, 1.165) is 25.3 Å². The summed E-state index contributed by atoms with van der Waals surface area (Å²) >= 11 is 0. The van der Waals surface area contributed by atoms with Crippen molar-refractivity contribution in [2.75, 3.05) is 33.2 Å². The monoisotopic (exact) mass is 541 g/mol. The molecule has 198 valence electrons. The zero-order valence-corrected chi connectivity index (χ0v) is 19.9. The van der Waals surface area contributed by atoms with E-state index in [1.807, 2.05) is 4.72 Å². The molecule has 0 aromatic heterocycles. The normalized spacial score (nSPS) is 12.2. The van der Waals surface area contributed by atoms with E-state index in [-0.39, 0.29) is 22.7 Å². The third-order valence-electron chi connectivity index (χ3n) is 4.41. The molecule has 0 aliphatic carbocycles. The van der Waals surface area contributed by atoms with Crippen LogP contribution in [0.25, 0.3) is 6.08 Å². The maximum absolute atomic E-state index is 13.3. The van der Waals surface area contributed by atoms with Crippen LogP contribution < -0.4 is 28.4 Å². The smallest absolute Gasteiger partial charge is 0.465 e. The van der Waals surface area contributed by atoms with Crippen LogP contribution in [0.15, 0.2) is 35.7 Å². The number of carbonyl (C=O) groups excluding carboxylic acids is 1. The number of methoxy groups -OCH3 is 4. The van der Waals surface area contributed by atoms with Crippen molar-refractivity contribution in [3.05, 3.63) is 41.3 Å². The highest BCUT2D eigenvalue weighted by Gasteiger charge is 2.65. The van der Waals surface area contributed by atoms with Gasteiger partial charge in [-0.1, -0.05) is 0 Å². The Kier molecular flexibility index (Phi) is 8.62. The van der Waals surface area contributed by atoms with Crippen molar-refractivity contribution in [2.24, 2.45) is 0 Å². The van der Waals surface area contributed by atoms with Crippen molar-refractivity contribution in [1.29, 1.82) is 0 Å². The highest BCUT2D eigenvalue weighted by Crippen LogP contribution is 2.39. The molecule has 0 radical (unpaired) electrons. The molecule has 0 bridgehead atoms. The van der Waals surface area contributed by atoms with Gasteiger partial charge < -0.3 is 23.7 Å². The van der Waals surface area contributed by atoms with E-state index in [1.165, 1.54) is 33.5 Å². The third kappa shape index (κ3) is 6.47. The standard InChI is InChI=1S/C21H20F5NO8S/c1-31-13-10-16(33-3)14(17(11-13)34-4)7-8-36(29,30)27-12-5-6-15(32-2)18(9-12)35-19(28)20(22,23)21(24,25)26/h5-11,27H,1-4H3. The number of hydrogen-bond donors (Lipinski definition) is 1. The Bertz CT molecular complexity index is 1220. The maximum Gasteiger partial charge on any atom is 0.465 e. The number of esters is 1. The lowest BCUT2D eigenvalue weighted by Crippen LogP contribution is -2.46. The lowest BCUT2D eigenvalue weighted by atomic mass is 10.1. The van der Waals surface area contributed by atoms with Gasteiger partial charge in [-0.15, -0.1) is 0 Å². The fourth-order valence-electron chi connectivity index (χ4n) is 2.65. The fourth-order valence-corrected chi connectivity index (χ4v) is 3.49. The predicted octanol–water partition coefficient (Wildman–Crippen LogP) is 4.24. The van der Waals surface area contributed by atoms with Gasteiger partial charge >= 0.3 is 18.1 Å². The molecule has 0 spiro atoms. The Morgan fingerprint density at radius 3 is 1.86 bits per heavy atom. The molecular formula is C21H20F5NO8S. The van der Waals surface area contributed by atoms with Crippen LogP contribution in [0.4, 0.5) is 27.6 Å². The summed E-state index contributed by atoms with van der Waals surface area (Å²) < 4.78 is 115. The predicted molar refractivity (Wildman–Crippen MR) is 117 cm³/mol. The minimum Gasteiger partial charge on any atom is -0.496 e. The average molecular weight is 541 g/mol. The van der Waals surface area contributed by atoms with Crippen LogP contribution >= 0.6 is 0 Å². The van der Waals surface area contributed by atoms with E-state index < -0.39 is 39.6 Å². The molecule has 0 atom stereocenters. The Morgan fingerprint density at radius 2 is 1.39 bits per heavy atom. The number of hydrogen-bond acceptors (Lipinski definition) is 8. The quantitative estimate of drug-likeness (QED) is 0.270. The molecule has 9 nitrogen and oxygen atoms in total. The molecule has 0 amide bonds. The van der Waals surface area contributed by atoms with Gasteiger partial charge in [-0.3, -0.25) is 4.72 Å². The Morgan fingerprint density at radius 1 is 0.833 bits per heavy atom. The lowest BCUT2D eigenvalue weighted by molar-refractivity contribution is -0.276. The van der Waals surface area contributed by atoms with Gasteiger partial charge in [0.15, 0.2) is 11.5 Å². The number of ether oxygens (including phenoxy) is 5. The minimum absolute atomic E-state index is 0.210. The molecule has 2 rings (SSSR count). The SMILES string of the molecule is COc1cc(OC)c(C=CS(=O)(=O)Nc2ccc(OC)c(OC(=O)C(F)(F)C(F)(F)F)c2)c(OC)c1. The first kappa shape index (κ1) is 28.5. The molecule has 15 heteroatoms. The highest BCUT2D eigenvalue weighted by molar-refractivity contribution is 7.95. The summed E-state index contributed by atoms with van der Waals surface area (Å²) in [5.74, 6) is -9.23. The van der Waals surface area contributed by atoms with Crippen molar-refractivity contribution in [1.82, 2.24) is 0 Å². The van der Waals surface area contributed by atoms with Gasteiger partial charge in [-0.25, -0.2) is 13.2 Å². The van der Waals surface area contributed by atoms with Crippen LogP contribution in [0.5, 0.6) is 28.7 Å². The van der Waals surface area contributed by atoms with Gasteiger partial charge in [0.05, 0.1) is 45.1 Å². The summed E-state index contributed by atoms with van der Waals surface area (Å²) in [5, 5.41) is 0.716. The van der Waals surface area contributed by atoms with Gasteiger partial charge in [0, 0.05) is 18.2 Å². The summed E-state index contributed by atoms with van der Waals surface area (Å²) in [4.78, 5) is 11.4.